The zero-order valence-corrected chi connectivity index (χ0v) is 16.7. The molecule has 4 rings (SSSR count). The molecule has 0 aliphatic rings. The van der Waals surface area contributed by atoms with Gasteiger partial charge in [-0.15, -0.1) is 0 Å². The summed E-state index contributed by atoms with van der Waals surface area (Å²) in [6.07, 6.45) is 0.999. The molecule has 29 heavy (non-hydrogen) atoms. The molecular weight excluding hydrogens is 444 g/mol. The first kappa shape index (κ1) is 19.4. The van der Waals surface area contributed by atoms with Gasteiger partial charge in [-0.2, -0.15) is 0 Å². The average molecular weight is 460 g/mol. The highest BCUT2D eigenvalue weighted by Gasteiger charge is 2.19. The smallest absolute Gasteiger partial charge is 0.352 e. The van der Waals surface area contributed by atoms with Gasteiger partial charge in [-0.3, -0.25) is 0 Å². The third kappa shape index (κ3) is 3.70. The highest BCUT2D eigenvalue weighted by molar-refractivity contribution is 9.10. The van der Waals surface area contributed by atoms with Crippen LogP contribution in [-0.2, 0) is 6.42 Å². The van der Waals surface area contributed by atoms with E-state index < -0.39 is 11.8 Å². The number of hydrogen-bond acceptors (Lipinski definition) is 2. The number of aromatic nitrogens is 1. The second-order valence-electron chi connectivity index (χ2n) is 6.64. The van der Waals surface area contributed by atoms with Crippen molar-refractivity contribution in [3.63, 3.8) is 0 Å². The van der Waals surface area contributed by atoms with E-state index in [9.17, 15) is 18.7 Å². The van der Waals surface area contributed by atoms with E-state index in [1.165, 1.54) is 18.2 Å². The minimum atomic E-state index is -1.10. The summed E-state index contributed by atoms with van der Waals surface area (Å²) in [5.41, 5.74) is 1.08. The molecule has 0 aliphatic carbocycles. The quantitative estimate of drug-likeness (QED) is 0.344. The molecule has 0 atom stereocenters. The molecule has 7 heteroatoms. The van der Waals surface area contributed by atoms with E-state index in [0.717, 1.165) is 10.8 Å². The monoisotopic (exact) mass is 459 g/mol. The highest BCUT2D eigenvalue weighted by Crippen LogP contribution is 2.32. The lowest BCUT2D eigenvalue weighted by Gasteiger charge is -2.10. The summed E-state index contributed by atoms with van der Waals surface area (Å²) in [5.74, 6) is -1.22. The summed E-state index contributed by atoms with van der Waals surface area (Å²) in [7, 11) is 0. The van der Waals surface area contributed by atoms with Crippen molar-refractivity contribution < 1.29 is 23.4 Å². The van der Waals surface area contributed by atoms with Gasteiger partial charge >= 0.3 is 5.97 Å². The molecule has 0 fully saturated rings. The Balaban J connectivity index is 1.53. The largest absolute Gasteiger partial charge is 0.493 e. The lowest BCUT2D eigenvalue weighted by Crippen LogP contribution is -2.04. The number of H-pyrrole nitrogens is 1. The van der Waals surface area contributed by atoms with Crippen molar-refractivity contribution in [1.82, 2.24) is 4.98 Å². The second-order valence-corrected chi connectivity index (χ2v) is 7.43. The molecule has 0 aliphatic heterocycles. The third-order valence-electron chi connectivity index (χ3n) is 4.82. The van der Waals surface area contributed by atoms with Crippen molar-refractivity contribution in [1.29, 1.82) is 0 Å². The number of halogens is 3. The third-order valence-corrected chi connectivity index (χ3v) is 5.59. The molecule has 0 radical (unpaired) electrons. The first-order valence-electron chi connectivity index (χ1n) is 8.98. The molecule has 0 saturated carbocycles. The van der Waals surface area contributed by atoms with E-state index in [-0.39, 0.29) is 16.0 Å². The summed E-state index contributed by atoms with van der Waals surface area (Å²) in [6, 6.07) is 12.8. The van der Waals surface area contributed by atoms with Crippen molar-refractivity contribution in [2.45, 2.75) is 12.8 Å². The predicted octanol–water partition coefficient (Wildman–Crippen LogP) is 6.07. The van der Waals surface area contributed by atoms with Crippen molar-refractivity contribution in [2.24, 2.45) is 0 Å². The van der Waals surface area contributed by atoms with Crippen LogP contribution in [-0.4, -0.2) is 22.7 Å². The van der Waals surface area contributed by atoms with Crippen LogP contribution in [0.15, 0.2) is 53.0 Å². The van der Waals surface area contributed by atoms with Crippen LogP contribution < -0.4 is 4.74 Å². The van der Waals surface area contributed by atoms with Gasteiger partial charge in [0.05, 0.1) is 16.6 Å². The summed E-state index contributed by atoms with van der Waals surface area (Å²) in [5, 5.41) is 11.7. The molecule has 0 unspecified atom stereocenters. The molecule has 0 amide bonds. The molecular formula is C22H16BrF2NO3. The van der Waals surface area contributed by atoms with E-state index in [1.807, 2.05) is 12.1 Å². The van der Waals surface area contributed by atoms with Gasteiger partial charge in [0.15, 0.2) is 0 Å². The molecule has 1 heterocycles. The second kappa shape index (κ2) is 7.83. The predicted molar refractivity (Wildman–Crippen MR) is 111 cm³/mol. The SMILES string of the molecule is O=C(O)c1[nH]c2c(Br)c(F)ccc2c1CCCOc1cccc2cc(F)ccc12. The number of carboxylic acid groups (broad SMARTS) is 1. The minimum Gasteiger partial charge on any atom is -0.493 e. The van der Waals surface area contributed by atoms with Crippen LogP contribution in [0.3, 0.4) is 0 Å². The van der Waals surface area contributed by atoms with Crippen molar-refractivity contribution in [3.8, 4) is 5.75 Å². The number of aryl methyl sites for hydroxylation is 1. The maximum Gasteiger partial charge on any atom is 0.352 e. The zero-order valence-electron chi connectivity index (χ0n) is 15.1. The van der Waals surface area contributed by atoms with Crippen molar-refractivity contribution in [3.05, 3.63) is 75.9 Å². The molecule has 4 aromatic rings. The number of carbonyl (C=O) groups is 1. The standard InChI is InChI=1S/C22H16BrF2NO3/c23-19-17(25)9-8-16-15(21(22(27)28)26-20(16)19)4-2-10-29-18-5-1-3-12-11-13(24)6-7-14(12)18/h1,3,5-9,11,26H,2,4,10H2,(H,27,28). The van der Waals surface area contributed by atoms with Crippen LogP contribution in [0, 0.1) is 11.6 Å². The number of hydrogen-bond donors (Lipinski definition) is 2. The fraction of sp³-hybridized carbons (Fsp3) is 0.136. The van der Waals surface area contributed by atoms with Crippen LogP contribution in [0.2, 0.25) is 0 Å². The summed E-state index contributed by atoms with van der Waals surface area (Å²) < 4.78 is 33.3. The lowest BCUT2D eigenvalue weighted by atomic mass is 10.1. The number of rotatable bonds is 6. The molecule has 3 aromatic carbocycles. The van der Waals surface area contributed by atoms with Gasteiger partial charge in [0, 0.05) is 10.8 Å². The Morgan fingerprint density at radius 3 is 2.69 bits per heavy atom. The van der Waals surface area contributed by atoms with Crippen LogP contribution in [0.5, 0.6) is 5.75 Å². The minimum absolute atomic E-state index is 0.0481. The highest BCUT2D eigenvalue weighted by atomic mass is 79.9. The summed E-state index contributed by atoms with van der Waals surface area (Å²) in [6.45, 7) is 0.352. The number of aromatic amines is 1. The van der Waals surface area contributed by atoms with Gasteiger partial charge in [-0.25, -0.2) is 13.6 Å². The number of aromatic carboxylic acids is 1. The number of benzene rings is 3. The topological polar surface area (TPSA) is 62.3 Å². The average Bonchev–Trinajstić information content (AvgIpc) is 3.07. The maximum absolute atomic E-state index is 13.8. The van der Waals surface area contributed by atoms with Gasteiger partial charge < -0.3 is 14.8 Å². The number of ether oxygens (including phenoxy) is 1. The van der Waals surface area contributed by atoms with Gasteiger partial charge in [-0.05, 0) is 76.1 Å². The molecule has 2 N–H and O–H groups in total. The van der Waals surface area contributed by atoms with Gasteiger partial charge in [0.25, 0.3) is 0 Å². The first-order chi connectivity index (χ1) is 14.0. The fourth-order valence-corrected chi connectivity index (χ4v) is 3.93. The van der Waals surface area contributed by atoms with E-state index in [0.29, 0.717) is 41.7 Å². The van der Waals surface area contributed by atoms with Crippen LogP contribution in [0.4, 0.5) is 8.78 Å². The zero-order chi connectivity index (χ0) is 20.5. The summed E-state index contributed by atoms with van der Waals surface area (Å²) >= 11 is 3.17. The number of nitrogens with one attached hydrogen (secondary N) is 1. The van der Waals surface area contributed by atoms with Gasteiger partial charge in [-0.1, -0.05) is 12.1 Å². The van der Waals surface area contributed by atoms with E-state index in [4.69, 9.17) is 4.74 Å². The fourth-order valence-electron chi connectivity index (χ4n) is 3.48. The van der Waals surface area contributed by atoms with Crippen molar-refractivity contribution in [2.75, 3.05) is 6.61 Å². The number of fused-ring (bicyclic) bond motifs is 2. The molecule has 0 saturated heterocycles. The van der Waals surface area contributed by atoms with E-state index in [1.54, 1.807) is 18.2 Å². The van der Waals surface area contributed by atoms with E-state index in [2.05, 4.69) is 20.9 Å². The van der Waals surface area contributed by atoms with E-state index >= 15 is 0 Å². The summed E-state index contributed by atoms with van der Waals surface area (Å²) in [4.78, 5) is 14.4. The molecule has 1 aromatic heterocycles. The lowest BCUT2D eigenvalue weighted by molar-refractivity contribution is 0.0690. The van der Waals surface area contributed by atoms with Crippen LogP contribution >= 0.6 is 15.9 Å². The van der Waals surface area contributed by atoms with Crippen LogP contribution in [0.1, 0.15) is 22.5 Å². The Morgan fingerprint density at radius 1 is 1.10 bits per heavy atom. The molecule has 0 bridgehead atoms. The maximum atomic E-state index is 13.8. The molecule has 0 spiro atoms. The van der Waals surface area contributed by atoms with Crippen molar-refractivity contribution >= 4 is 43.6 Å². The van der Waals surface area contributed by atoms with Gasteiger partial charge in [0.2, 0.25) is 0 Å². The normalized spacial score (nSPS) is 11.3. The Hall–Kier alpha value is -2.93. The molecule has 148 valence electrons. The Labute approximate surface area is 173 Å². The Morgan fingerprint density at radius 2 is 1.90 bits per heavy atom. The molecule has 4 nitrogen and oxygen atoms in total. The van der Waals surface area contributed by atoms with Crippen LogP contribution in [0.25, 0.3) is 21.7 Å². The Bertz CT molecular complexity index is 1240. The van der Waals surface area contributed by atoms with Gasteiger partial charge in [0.1, 0.15) is 23.1 Å². The number of carboxylic acids is 1. The Kier molecular flexibility index (Phi) is 5.24. The first-order valence-corrected chi connectivity index (χ1v) is 9.78.